The average Bonchev–Trinajstić information content (AvgIpc) is 2.84. The lowest BCUT2D eigenvalue weighted by Crippen LogP contribution is -2.35. The highest BCUT2D eigenvalue weighted by Gasteiger charge is 2.32. The van der Waals surface area contributed by atoms with Crippen LogP contribution >= 0.6 is 0 Å². The second-order valence-electron chi connectivity index (χ2n) is 7.64. The normalized spacial score (nSPS) is 32.0. The van der Waals surface area contributed by atoms with Crippen LogP contribution in [-0.4, -0.2) is 6.54 Å². The molecule has 1 fully saturated rings. The highest BCUT2D eigenvalue weighted by Crippen LogP contribution is 2.41. The molecule has 1 aromatic rings. The van der Waals surface area contributed by atoms with Gasteiger partial charge in [-0.2, -0.15) is 0 Å². The van der Waals surface area contributed by atoms with E-state index in [1.165, 1.54) is 38.6 Å². The summed E-state index contributed by atoms with van der Waals surface area (Å²) in [5, 5.41) is 3.89. The van der Waals surface area contributed by atoms with Crippen molar-refractivity contribution in [3.8, 4) is 0 Å². The van der Waals surface area contributed by atoms with E-state index >= 15 is 0 Å². The van der Waals surface area contributed by atoms with Crippen LogP contribution in [0.15, 0.2) is 24.3 Å². The molecule has 1 aromatic carbocycles. The zero-order valence-electron chi connectivity index (χ0n) is 13.3. The summed E-state index contributed by atoms with van der Waals surface area (Å²) < 4.78 is 0. The molecule has 2 aliphatic rings. The molecule has 1 heteroatoms. The van der Waals surface area contributed by atoms with Gasteiger partial charge in [0.15, 0.2) is 0 Å². The molecule has 3 unspecified atom stereocenters. The number of hydrogen-bond donors (Lipinski definition) is 1. The summed E-state index contributed by atoms with van der Waals surface area (Å²) in [6, 6.07) is 9.65. The first-order chi connectivity index (χ1) is 9.58. The Morgan fingerprint density at radius 2 is 1.95 bits per heavy atom. The van der Waals surface area contributed by atoms with Crippen molar-refractivity contribution in [1.82, 2.24) is 5.32 Å². The molecule has 2 aliphatic carbocycles. The third-order valence-electron chi connectivity index (χ3n) is 5.79. The summed E-state index contributed by atoms with van der Waals surface area (Å²) in [5.74, 6) is 1.81. The fourth-order valence-corrected chi connectivity index (χ4v) is 4.24. The van der Waals surface area contributed by atoms with Gasteiger partial charge in [-0.1, -0.05) is 57.9 Å². The molecule has 20 heavy (non-hydrogen) atoms. The van der Waals surface area contributed by atoms with Gasteiger partial charge in [-0.15, -0.1) is 0 Å². The third-order valence-corrected chi connectivity index (χ3v) is 5.79. The van der Waals surface area contributed by atoms with Crippen molar-refractivity contribution in [3.63, 3.8) is 0 Å². The molecule has 3 atom stereocenters. The van der Waals surface area contributed by atoms with E-state index in [0.717, 1.165) is 11.8 Å². The van der Waals surface area contributed by atoms with Crippen molar-refractivity contribution in [3.05, 3.63) is 35.4 Å². The molecule has 0 aromatic heterocycles. The Bertz CT molecular complexity index is 463. The van der Waals surface area contributed by atoms with Gasteiger partial charge in [0, 0.05) is 6.04 Å². The van der Waals surface area contributed by atoms with Crippen LogP contribution in [0.4, 0.5) is 0 Å². The fourth-order valence-electron chi connectivity index (χ4n) is 4.24. The zero-order valence-corrected chi connectivity index (χ0v) is 13.3. The van der Waals surface area contributed by atoms with Crippen molar-refractivity contribution < 1.29 is 0 Å². The van der Waals surface area contributed by atoms with E-state index in [4.69, 9.17) is 0 Å². The first-order valence-electron chi connectivity index (χ1n) is 8.41. The van der Waals surface area contributed by atoms with Crippen LogP contribution in [0.5, 0.6) is 0 Å². The Kier molecular flexibility index (Phi) is 3.90. The van der Waals surface area contributed by atoms with Crippen LogP contribution < -0.4 is 5.32 Å². The maximum absolute atomic E-state index is 3.89. The number of nitrogens with one attached hydrogen (secondary N) is 1. The van der Waals surface area contributed by atoms with E-state index in [0.29, 0.717) is 11.5 Å². The molecule has 0 bridgehead atoms. The van der Waals surface area contributed by atoms with Crippen LogP contribution in [0.3, 0.4) is 0 Å². The fraction of sp³-hybridized carbons (Fsp3) is 0.684. The molecule has 1 saturated carbocycles. The minimum atomic E-state index is 0.343. The maximum Gasteiger partial charge on any atom is 0.0323 e. The molecule has 0 saturated heterocycles. The maximum atomic E-state index is 3.89. The lowest BCUT2D eigenvalue weighted by molar-refractivity contribution is 0.320. The van der Waals surface area contributed by atoms with Crippen molar-refractivity contribution in [2.45, 2.75) is 64.3 Å². The molecule has 0 amide bonds. The standard InChI is InChI=1S/C19H29N/c1-14-7-6-8-15(14)13-20-18-11-12-19(2,3)17-10-5-4-9-16(17)18/h4-5,9-10,14-15,18,20H,6-8,11-13H2,1-3H3. The first-order valence-corrected chi connectivity index (χ1v) is 8.41. The van der Waals surface area contributed by atoms with Gasteiger partial charge in [-0.3, -0.25) is 0 Å². The smallest absolute Gasteiger partial charge is 0.0323 e. The summed E-state index contributed by atoms with van der Waals surface area (Å²) in [7, 11) is 0. The van der Waals surface area contributed by atoms with Gasteiger partial charge in [-0.25, -0.2) is 0 Å². The summed E-state index contributed by atoms with van der Waals surface area (Å²) in [4.78, 5) is 0. The predicted molar refractivity (Wildman–Crippen MR) is 86.0 cm³/mol. The molecule has 1 nitrogen and oxygen atoms in total. The Hall–Kier alpha value is -0.820. The van der Waals surface area contributed by atoms with Gasteiger partial charge in [0.25, 0.3) is 0 Å². The van der Waals surface area contributed by atoms with E-state index in [2.05, 4.69) is 50.4 Å². The van der Waals surface area contributed by atoms with E-state index in [-0.39, 0.29) is 0 Å². The second kappa shape index (κ2) is 5.52. The van der Waals surface area contributed by atoms with Gasteiger partial charge in [0.05, 0.1) is 0 Å². The van der Waals surface area contributed by atoms with Crippen LogP contribution in [0.1, 0.15) is 70.0 Å². The molecule has 3 rings (SSSR count). The first kappa shape index (κ1) is 14.1. The lowest BCUT2D eigenvalue weighted by Gasteiger charge is -2.38. The number of rotatable bonds is 3. The van der Waals surface area contributed by atoms with Crippen molar-refractivity contribution in [2.24, 2.45) is 11.8 Å². The van der Waals surface area contributed by atoms with Crippen molar-refractivity contribution in [1.29, 1.82) is 0 Å². The Balaban J connectivity index is 1.72. The topological polar surface area (TPSA) is 12.0 Å². The van der Waals surface area contributed by atoms with Gasteiger partial charge < -0.3 is 5.32 Å². The SMILES string of the molecule is CC1CCCC1CNC1CCC(C)(C)c2ccccc21. The van der Waals surface area contributed by atoms with E-state index in [1.54, 1.807) is 11.1 Å². The third kappa shape index (κ3) is 2.65. The number of hydrogen-bond acceptors (Lipinski definition) is 1. The van der Waals surface area contributed by atoms with E-state index < -0.39 is 0 Å². The molecule has 0 aliphatic heterocycles. The van der Waals surface area contributed by atoms with E-state index in [1.807, 2.05) is 0 Å². The van der Waals surface area contributed by atoms with Crippen LogP contribution in [0.2, 0.25) is 0 Å². The summed E-state index contributed by atoms with van der Waals surface area (Å²) >= 11 is 0. The van der Waals surface area contributed by atoms with Crippen LogP contribution in [0.25, 0.3) is 0 Å². The van der Waals surface area contributed by atoms with Crippen molar-refractivity contribution >= 4 is 0 Å². The Labute approximate surface area is 124 Å². The second-order valence-corrected chi connectivity index (χ2v) is 7.64. The minimum absolute atomic E-state index is 0.343. The van der Waals surface area contributed by atoms with Gasteiger partial charge >= 0.3 is 0 Å². The highest BCUT2D eigenvalue weighted by atomic mass is 14.9. The summed E-state index contributed by atoms with van der Waals surface area (Å²) in [6.45, 7) is 8.42. The molecule has 0 radical (unpaired) electrons. The quantitative estimate of drug-likeness (QED) is 0.830. The molecule has 0 spiro atoms. The Morgan fingerprint density at radius 3 is 2.70 bits per heavy atom. The molecular formula is C19H29N. The van der Waals surface area contributed by atoms with Gasteiger partial charge in [-0.05, 0) is 54.2 Å². The monoisotopic (exact) mass is 271 g/mol. The summed E-state index contributed by atoms with van der Waals surface area (Å²) in [6.07, 6.45) is 6.86. The average molecular weight is 271 g/mol. The largest absolute Gasteiger partial charge is 0.310 e. The van der Waals surface area contributed by atoms with Gasteiger partial charge in [0.1, 0.15) is 0 Å². The van der Waals surface area contributed by atoms with Crippen LogP contribution in [0, 0.1) is 11.8 Å². The Morgan fingerprint density at radius 1 is 1.15 bits per heavy atom. The summed E-state index contributed by atoms with van der Waals surface area (Å²) in [5.41, 5.74) is 3.45. The lowest BCUT2D eigenvalue weighted by atomic mass is 9.71. The molecule has 0 heterocycles. The zero-order chi connectivity index (χ0) is 14.2. The van der Waals surface area contributed by atoms with Gasteiger partial charge in [0.2, 0.25) is 0 Å². The molecular weight excluding hydrogens is 242 g/mol. The molecule has 1 N–H and O–H groups in total. The van der Waals surface area contributed by atoms with E-state index in [9.17, 15) is 0 Å². The minimum Gasteiger partial charge on any atom is -0.310 e. The molecule has 110 valence electrons. The van der Waals surface area contributed by atoms with Crippen molar-refractivity contribution in [2.75, 3.05) is 6.54 Å². The number of benzene rings is 1. The predicted octanol–water partition coefficient (Wildman–Crippen LogP) is 4.82. The van der Waals surface area contributed by atoms with Crippen LogP contribution in [-0.2, 0) is 5.41 Å². The highest BCUT2D eigenvalue weighted by molar-refractivity contribution is 5.38. The number of fused-ring (bicyclic) bond motifs is 1.